The smallest absolute Gasteiger partial charge is 0.343 e. The van der Waals surface area contributed by atoms with Gasteiger partial charge in [-0.3, -0.25) is 4.79 Å². The molecule has 5 heteroatoms. The number of Topliss-reactive ketones (excluding diaryl/α,β-unsaturated/α-hetero) is 1. The Kier molecular flexibility index (Phi) is 4.49. The third kappa shape index (κ3) is 3.06. The van der Waals surface area contributed by atoms with Crippen LogP contribution in [0.4, 0.5) is 0 Å². The van der Waals surface area contributed by atoms with Crippen LogP contribution in [0.3, 0.4) is 0 Å². The molecule has 90 valence electrons. The Morgan fingerprint density at radius 1 is 1.44 bits per heavy atom. The largest absolute Gasteiger partial charge is 0.462 e. The molecule has 1 aliphatic heterocycles. The summed E-state index contributed by atoms with van der Waals surface area (Å²) in [7, 11) is 3.51. The van der Waals surface area contributed by atoms with Crippen molar-refractivity contribution in [3.05, 3.63) is 11.8 Å². The zero-order valence-electron chi connectivity index (χ0n) is 9.86. The lowest BCUT2D eigenvalue weighted by Gasteiger charge is -2.25. The Hall–Kier alpha value is -1.36. The third-order valence-corrected chi connectivity index (χ3v) is 2.16. The zero-order chi connectivity index (χ0) is 12.1. The summed E-state index contributed by atoms with van der Waals surface area (Å²) in [6.45, 7) is 2.76. The fraction of sp³-hybridized carbons (Fsp3) is 0.636. The van der Waals surface area contributed by atoms with Crippen molar-refractivity contribution in [3.8, 4) is 0 Å². The number of hydrogen-bond acceptors (Lipinski definition) is 5. The van der Waals surface area contributed by atoms with Gasteiger partial charge in [-0.25, -0.2) is 4.79 Å². The van der Waals surface area contributed by atoms with Gasteiger partial charge in [-0.2, -0.15) is 0 Å². The predicted octanol–water partition coefficient (Wildman–Crippen LogP) is 0.210. The molecule has 0 aliphatic carbocycles. The molecule has 0 amide bonds. The second-order valence-corrected chi connectivity index (χ2v) is 3.83. The first-order valence-corrected chi connectivity index (χ1v) is 5.23. The summed E-state index contributed by atoms with van der Waals surface area (Å²) in [4.78, 5) is 25.1. The molecule has 1 aliphatic rings. The van der Waals surface area contributed by atoms with E-state index in [0.29, 0.717) is 13.2 Å². The molecule has 0 atom stereocenters. The summed E-state index contributed by atoms with van der Waals surface area (Å²) >= 11 is 0. The van der Waals surface area contributed by atoms with Crippen LogP contribution in [0.1, 0.15) is 6.92 Å². The maximum absolute atomic E-state index is 11.9. The second kappa shape index (κ2) is 5.65. The van der Waals surface area contributed by atoms with Gasteiger partial charge >= 0.3 is 5.97 Å². The van der Waals surface area contributed by atoms with Gasteiger partial charge in [0.2, 0.25) is 0 Å². The van der Waals surface area contributed by atoms with Crippen LogP contribution in [0, 0.1) is 5.92 Å². The van der Waals surface area contributed by atoms with E-state index in [1.807, 2.05) is 0 Å². The van der Waals surface area contributed by atoms with Gasteiger partial charge in [0.1, 0.15) is 5.57 Å². The van der Waals surface area contributed by atoms with Crippen molar-refractivity contribution in [2.24, 2.45) is 5.92 Å². The lowest BCUT2D eigenvalue weighted by atomic mass is 9.96. The molecule has 0 spiro atoms. The molecule has 0 aromatic rings. The molecule has 16 heavy (non-hydrogen) atoms. The molecule has 0 saturated carbocycles. The molecule has 0 aromatic heterocycles. The van der Waals surface area contributed by atoms with E-state index >= 15 is 0 Å². The van der Waals surface area contributed by atoms with Gasteiger partial charge in [-0.15, -0.1) is 0 Å². The number of esters is 1. The highest BCUT2D eigenvalue weighted by Crippen LogP contribution is 2.17. The van der Waals surface area contributed by atoms with E-state index < -0.39 is 5.97 Å². The molecule has 0 unspecified atom stereocenters. The lowest BCUT2D eigenvalue weighted by molar-refractivity contribution is -0.143. The second-order valence-electron chi connectivity index (χ2n) is 3.83. The van der Waals surface area contributed by atoms with Gasteiger partial charge in [0.15, 0.2) is 5.78 Å². The topological polar surface area (TPSA) is 55.8 Å². The average Bonchev–Trinajstić information content (AvgIpc) is 2.11. The monoisotopic (exact) mass is 227 g/mol. The zero-order valence-corrected chi connectivity index (χ0v) is 9.86. The molecule has 0 radical (unpaired) electrons. The van der Waals surface area contributed by atoms with Crippen LogP contribution in [0.5, 0.6) is 0 Å². The lowest BCUT2D eigenvalue weighted by Crippen LogP contribution is -2.37. The van der Waals surface area contributed by atoms with Crippen LogP contribution in [0.15, 0.2) is 11.8 Å². The van der Waals surface area contributed by atoms with Crippen molar-refractivity contribution in [1.82, 2.24) is 4.90 Å². The summed E-state index contributed by atoms with van der Waals surface area (Å²) in [6.07, 6.45) is 1.50. The summed E-state index contributed by atoms with van der Waals surface area (Å²) in [5.41, 5.74) is 0.0974. The minimum atomic E-state index is -0.562. The van der Waals surface area contributed by atoms with Crippen molar-refractivity contribution >= 4 is 11.8 Å². The van der Waals surface area contributed by atoms with Gasteiger partial charge in [-0.1, -0.05) is 0 Å². The number of carbonyl (C=O) groups is 2. The van der Waals surface area contributed by atoms with Crippen molar-refractivity contribution in [3.63, 3.8) is 0 Å². The van der Waals surface area contributed by atoms with E-state index in [-0.39, 0.29) is 23.9 Å². The molecule has 0 bridgehead atoms. The third-order valence-electron chi connectivity index (χ3n) is 2.16. The fourth-order valence-corrected chi connectivity index (χ4v) is 1.29. The van der Waals surface area contributed by atoms with Gasteiger partial charge in [0.05, 0.1) is 25.7 Å². The summed E-state index contributed by atoms with van der Waals surface area (Å²) in [5.74, 6) is -0.956. The number of ether oxygens (including phenoxy) is 2. The Labute approximate surface area is 95.0 Å². The van der Waals surface area contributed by atoms with Crippen LogP contribution in [-0.4, -0.2) is 50.6 Å². The van der Waals surface area contributed by atoms with Crippen molar-refractivity contribution in [1.29, 1.82) is 0 Å². The highest BCUT2D eigenvalue weighted by molar-refractivity contribution is 6.18. The maximum atomic E-state index is 11.9. The fourth-order valence-electron chi connectivity index (χ4n) is 1.29. The molecular formula is C11H17NO4. The molecule has 5 nitrogen and oxygen atoms in total. The molecule has 1 saturated heterocycles. The first-order valence-electron chi connectivity index (χ1n) is 5.23. The molecule has 1 heterocycles. The number of hydrogen-bond donors (Lipinski definition) is 0. The van der Waals surface area contributed by atoms with E-state index in [0.717, 1.165) is 0 Å². The maximum Gasteiger partial charge on any atom is 0.343 e. The first kappa shape index (κ1) is 12.7. The van der Waals surface area contributed by atoms with E-state index in [1.54, 1.807) is 25.9 Å². The van der Waals surface area contributed by atoms with E-state index in [1.165, 1.54) is 6.20 Å². The van der Waals surface area contributed by atoms with E-state index in [9.17, 15) is 9.59 Å². The number of nitrogens with zero attached hydrogens (tertiary/aromatic N) is 1. The highest BCUT2D eigenvalue weighted by Gasteiger charge is 2.32. The van der Waals surface area contributed by atoms with Gasteiger partial charge in [0, 0.05) is 20.3 Å². The van der Waals surface area contributed by atoms with Crippen molar-refractivity contribution in [2.75, 3.05) is 33.9 Å². The molecule has 0 N–H and O–H groups in total. The molecule has 1 rings (SSSR count). The minimum absolute atomic E-state index is 0.0974. The normalized spacial score (nSPS) is 16.6. The van der Waals surface area contributed by atoms with Crippen LogP contribution >= 0.6 is 0 Å². The Balaban J connectivity index is 2.77. The van der Waals surface area contributed by atoms with E-state index in [2.05, 4.69) is 0 Å². The summed E-state index contributed by atoms with van der Waals surface area (Å²) in [6, 6.07) is 0. The summed E-state index contributed by atoms with van der Waals surface area (Å²) in [5, 5.41) is 0. The Morgan fingerprint density at radius 2 is 2.06 bits per heavy atom. The highest BCUT2D eigenvalue weighted by atomic mass is 16.5. The van der Waals surface area contributed by atoms with Crippen molar-refractivity contribution in [2.45, 2.75) is 6.92 Å². The Bertz CT molecular complexity index is 305. The number of ketones is 1. The summed E-state index contributed by atoms with van der Waals surface area (Å²) < 4.78 is 9.79. The number of rotatable bonds is 5. The van der Waals surface area contributed by atoms with Gasteiger partial charge in [0.25, 0.3) is 0 Å². The average molecular weight is 227 g/mol. The molecular weight excluding hydrogens is 210 g/mol. The van der Waals surface area contributed by atoms with Gasteiger partial charge in [-0.05, 0) is 6.92 Å². The van der Waals surface area contributed by atoms with Gasteiger partial charge < -0.3 is 14.4 Å². The number of carbonyl (C=O) groups excluding carboxylic acids is 2. The van der Waals surface area contributed by atoms with Crippen LogP contribution in [-0.2, 0) is 19.1 Å². The SMILES string of the molecule is CCOC(=O)/C(=C\N(C)C)C(=O)C1COC1. The van der Waals surface area contributed by atoms with Crippen LogP contribution in [0.25, 0.3) is 0 Å². The van der Waals surface area contributed by atoms with E-state index in [4.69, 9.17) is 9.47 Å². The molecule has 1 fully saturated rings. The quantitative estimate of drug-likeness (QED) is 0.291. The molecule has 0 aromatic carbocycles. The Morgan fingerprint density at radius 3 is 2.44 bits per heavy atom. The van der Waals surface area contributed by atoms with Crippen LogP contribution < -0.4 is 0 Å². The first-order chi connectivity index (χ1) is 7.56. The standard InChI is InChI=1S/C11H17NO4/c1-4-16-11(14)9(5-12(2)3)10(13)8-6-15-7-8/h5,8H,4,6-7H2,1-3H3/b9-5-. The van der Waals surface area contributed by atoms with Crippen molar-refractivity contribution < 1.29 is 19.1 Å². The predicted molar refractivity (Wildman–Crippen MR) is 57.7 cm³/mol. The van der Waals surface area contributed by atoms with Crippen LogP contribution in [0.2, 0.25) is 0 Å². The minimum Gasteiger partial charge on any atom is -0.462 e.